The number of carboxylic acids is 1. The van der Waals surface area contributed by atoms with Crippen LogP contribution in [0.1, 0.15) is 16.8 Å². The van der Waals surface area contributed by atoms with Gasteiger partial charge in [0.1, 0.15) is 5.75 Å². The van der Waals surface area contributed by atoms with E-state index in [0.717, 1.165) is 0 Å². The quantitative estimate of drug-likeness (QED) is 0.890. The van der Waals surface area contributed by atoms with Crippen molar-refractivity contribution in [2.45, 2.75) is 12.5 Å². The van der Waals surface area contributed by atoms with Crippen molar-refractivity contribution in [3.05, 3.63) is 29.8 Å². The normalized spacial score (nSPS) is 18.6. The Balaban J connectivity index is 2.10. The van der Waals surface area contributed by atoms with E-state index in [1.807, 2.05) is 0 Å². The van der Waals surface area contributed by atoms with Crippen molar-refractivity contribution in [2.24, 2.45) is 0 Å². The molecule has 0 spiro atoms. The van der Waals surface area contributed by atoms with Gasteiger partial charge in [-0.1, -0.05) is 12.1 Å². The van der Waals surface area contributed by atoms with Crippen LogP contribution in [0.15, 0.2) is 24.3 Å². The SMILES string of the molecule is COc1ccccc1C(=O)N1CCOC(CC(=O)O)C1. The molecule has 1 aliphatic heterocycles. The van der Waals surface area contributed by atoms with E-state index >= 15 is 0 Å². The van der Waals surface area contributed by atoms with Crippen molar-refractivity contribution in [1.82, 2.24) is 4.90 Å². The predicted molar refractivity (Wildman–Crippen MR) is 70.9 cm³/mol. The summed E-state index contributed by atoms with van der Waals surface area (Å²) in [4.78, 5) is 24.8. The molecule has 0 aromatic heterocycles. The highest BCUT2D eigenvalue weighted by Crippen LogP contribution is 2.21. The lowest BCUT2D eigenvalue weighted by molar-refractivity contribution is -0.141. The Morgan fingerprint density at radius 3 is 2.90 bits per heavy atom. The molecular weight excluding hydrogens is 262 g/mol. The van der Waals surface area contributed by atoms with Gasteiger partial charge in [0, 0.05) is 13.1 Å². The molecule has 6 nitrogen and oxygen atoms in total. The topological polar surface area (TPSA) is 76.1 Å². The number of methoxy groups -OCH3 is 1. The largest absolute Gasteiger partial charge is 0.496 e. The zero-order valence-corrected chi connectivity index (χ0v) is 11.2. The number of ether oxygens (including phenoxy) is 2. The second-order valence-corrected chi connectivity index (χ2v) is 4.54. The molecule has 1 N–H and O–H groups in total. The van der Waals surface area contributed by atoms with E-state index in [9.17, 15) is 9.59 Å². The van der Waals surface area contributed by atoms with Crippen molar-refractivity contribution in [3.8, 4) is 5.75 Å². The lowest BCUT2D eigenvalue weighted by atomic mass is 10.1. The second-order valence-electron chi connectivity index (χ2n) is 4.54. The Labute approximate surface area is 116 Å². The number of hydrogen-bond donors (Lipinski definition) is 1. The Bertz CT molecular complexity index is 502. The van der Waals surface area contributed by atoms with E-state index in [4.69, 9.17) is 14.6 Å². The predicted octanol–water partition coefficient (Wildman–Crippen LogP) is 1.01. The Morgan fingerprint density at radius 1 is 1.45 bits per heavy atom. The van der Waals surface area contributed by atoms with E-state index < -0.39 is 12.1 Å². The fourth-order valence-electron chi connectivity index (χ4n) is 2.21. The molecule has 1 aromatic rings. The van der Waals surface area contributed by atoms with E-state index in [1.54, 1.807) is 29.2 Å². The highest BCUT2D eigenvalue weighted by molar-refractivity contribution is 5.97. The van der Waals surface area contributed by atoms with Gasteiger partial charge in [-0.05, 0) is 12.1 Å². The standard InChI is InChI=1S/C14H17NO5/c1-19-12-5-3-2-4-11(12)14(18)15-6-7-20-10(9-15)8-13(16)17/h2-5,10H,6-9H2,1H3,(H,16,17). The first-order chi connectivity index (χ1) is 9.61. The molecule has 108 valence electrons. The van der Waals surface area contributed by atoms with Gasteiger partial charge >= 0.3 is 5.97 Å². The first-order valence-electron chi connectivity index (χ1n) is 6.37. The third-order valence-corrected chi connectivity index (χ3v) is 3.17. The van der Waals surface area contributed by atoms with Crippen molar-refractivity contribution in [3.63, 3.8) is 0 Å². The first kappa shape index (κ1) is 14.3. The molecule has 0 aliphatic carbocycles. The summed E-state index contributed by atoms with van der Waals surface area (Å²) >= 11 is 0. The van der Waals surface area contributed by atoms with Crippen molar-refractivity contribution in [2.75, 3.05) is 26.8 Å². The van der Waals surface area contributed by atoms with Gasteiger partial charge in [-0.15, -0.1) is 0 Å². The number of hydrogen-bond acceptors (Lipinski definition) is 4. The average Bonchev–Trinajstić information content (AvgIpc) is 2.46. The second kappa shape index (κ2) is 6.38. The van der Waals surface area contributed by atoms with Crippen molar-refractivity contribution >= 4 is 11.9 Å². The van der Waals surface area contributed by atoms with Gasteiger partial charge < -0.3 is 19.5 Å². The third kappa shape index (κ3) is 3.27. The number of carbonyl (C=O) groups excluding carboxylic acids is 1. The summed E-state index contributed by atoms with van der Waals surface area (Å²) in [6.45, 7) is 1.08. The maximum Gasteiger partial charge on any atom is 0.306 e. The molecule has 0 saturated carbocycles. The Hall–Kier alpha value is -2.08. The number of para-hydroxylation sites is 1. The van der Waals surface area contributed by atoms with Crippen LogP contribution in [-0.4, -0.2) is 54.8 Å². The molecule has 1 aliphatic rings. The molecule has 1 unspecified atom stereocenters. The van der Waals surface area contributed by atoms with Gasteiger partial charge in [0.15, 0.2) is 0 Å². The molecule has 1 saturated heterocycles. The number of benzene rings is 1. The summed E-state index contributed by atoms with van der Waals surface area (Å²) in [6, 6.07) is 6.98. The molecule has 1 atom stereocenters. The molecule has 1 aromatic carbocycles. The Kier molecular flexibility index (Phi) is 4.57. The highest BCUT2D eigenvalue weighted by Gasteiger charge is 2.27. The number of amides is 1. The van der Waals surface area contributed by atoms with Crippen LogP contribution in [-0.2, 0) is 9.53 Å². The summed E-state index contributed by atoms with van der Waals surface area (Å²) in [5.74, 6) is -0.582. The number of morpholine rings is 1. The highest BCUT2D eigenvalue weighted by atomic mass is 16.5. The monoisotopic (exact) mass is 279 g/mol. The van der Waals surface area contributed by atoms with E-state index in [1.165, 1.54) is 7.11 Å². The van der Waals surface area contributed by atoms with Gasteiger partial charge in [0.05, 0.1) is 31.8 Å². The Morgan fingerprint density at radius 2 is 2.20 bits per heavy atom. The van der Waals surface area contributed by atoms with Crippen LogP contribution < -0.4 is 4.74 Å². The third-order valence-electron chi connectivity index (χ3n) is 3.17. The van der Waals surface area contributed by atoms with Crippen LogP contribution >= 0.6 is 0 Å². The summed E-state index contributed by atoms with van der Waals surface area (Å²) in [6.07, 6.45) is -0.560. The summed E-state index contributed by atoms with van der Waals surface area (Å²) in [7, 11) is 1.51. The number of nitrogens with zero attached hydrogens (tertiary/aromatic N) is 1. The number of carboxylic acid groups (broad SMARTS) is 1. The minimum Gasteiger partial charge on any atom is -0.496 e. The van der Waals surface area contributed by atoms with Crippen LogP contribution in [0.4, 0.5) is 0 Å². The molecule has 6 heteroatoms. The lowest BCUT2D eigenvalue weighted by Crippen LogP contribution is -2.46. The molecular formula is C14H17NO5. The van der Waals surface area contributed by atoms with Crippen LogP contribution in [0, 0.1) is 0 Å². The molecule has 1 fully saturated rings. The molecule has 1 amide bonds. The van der Waals surface area contributed by atoms with Crippen molar-refractivity contribution in [1.29, 1.82) is 0 Å². The summed E-state index contributed by atoms with van der Waals surface area (Å²) < 4.78 is 10.5. The number of carbonyl (C=O) groups is 2. The maximum absolute atomic E-state index is 12.5. The first-order valence-corrected chi connectivity index (χ1v) is 6.37. The summed E-state index contributed by atoms with van der Waals surface area (Å²) in [5, 5.41) is 8.79. The number of aliphatic carboxylic acids is 1. The maximum atomic E-state index is 12.5. The van der Waals surface area contributed by atoms with E-state index in [0.29, 0.717) is 24.5 Å². The van der Waals surface area contributed by atoms with Crippen LogP contribution in [0.2, 0.25) is 0 Å². The molecule has 20 heavy (non-hydrogen) atoms. The van der Waals surface area contributed by atoms with Gasteiger partial charge in [0.2, 0.25) is 0 Å². The van der Waals surface area contributed by atoms with E-state index in [2.05, 4.69) is 0 Å². The molecule has 1 heterocycles. The zero-order valence-electron chi connectivity index (χ0n) is 11.2. The van der Waals surface area contributed by atoms with Gasteiger partial charge in [-0.3, -0.25) is 9.59 Å². The minimum absolute atomic E-state index is 0.101. The van der Waals surface area contributed by atoms with Crippen LogP contribution in [0.5, 0.6) is 5.75 Å². The molecule has 0 bridgehead atoms. The minimum atomic E-state index is -0.929. The zero-order chi connectivity index (χ0) is 14.5. The van der Waals surface area contributed by atoms with Crippen molar-refractivity contribution < 1.29 is 24.2 Å². The smallest absolute Gasteiger partial charge is 0.306 e. The van der Waals surface area contributed by atoms with Gasteiger partial charge in [-0.25, -0.2) is 0 Å². The van der Waals surface area contributed by atoms with Crippen LogP contribution in [0.25, 0.3) is 0 Å². The van der Waals surface area contributed by atoms with Gasteiger partial charge in [0.25, 0.3) is 5.91 Å². The lowest BCUT2D eigenvalue weighted by Gasteiger charge is -2.32. The van der Waals surface area contributed by atoms with E-state index in [-0.39, 0.29) is 18.9 Å². The number of rotatable bonds is 4. The fraction of sp³-hybridized carbons (Fsp3) is 0.429. The van der Waals surface area contributed by atoms with Crippen LogP contribution in [0.3, 0.4) is 0 Å². The average molecular weight is 279 g/mol. The molecule has 0 radical (unpaired) electrons. The molecule has 2 rings (SSSR count). The fourth-order valence-corrected chi connectivity index (χ4v) is 2.21. The van der Waals surface area contributed by atoms with Gasteiger partial charge in [-0.2, -0.15) is 0 Å². The summed E-state index contributed by atoms with van der Waals surface area (Å²) in [5.41, 5.74) is 0.478.